The third-order valence-corrected chi connectivity index (χ3v) is 2.01. The number of furan rings is 1. The Morgan fingerprint density at radius 2 is 2.40 bits per heavy atom. The second kappa shape index (κ2) is 4.75. The van der Waals surface area contributed by atoms with Gasteiger partial charge in [0.15, 0.2) is 5.82 Å². The van der Waals surface area contributed by atoms with E-state index in [4.69, 9.17) is 8.94 Å². The second-order valence-electron chi connectivity index (χ2n) is 3.21. The topological polar surface area (TPSA) is 64.1 Å². The van der Waals surface area contributed by atoms with Crippen molar-refractivity contribution in [3.63, 3.8) is 0 Å². The van der Waals surface area contributed by atoms with Gasteiger partial charge in [0.2, 0.25) is 5.89 Å². The summed E-state index contributed by atoms with van der Waals surface area (Å²) in [5, 5.41) is 6.89. The standard InChI is InChI=1S/C10H13N3O2/c1-11-5-4-10-12-9(13-15-10)7-8-3-2-6-14-8/h2-3,6,11H,4-5,7H2,1H3. The van der Waals surface area contributed by atoms with Crippen LogP contribution < -0.4 is 5.32 Å². The fourth-order valence-electron chi connectivity index (χ4n) is 1.26. The van der Waals surface area contributed by atoms with Crippen molar-refractivity contribution in [1.82, 2.24) is 15.5 Å². The first-order chi connectivity index (χ1) is 7.38. The average Bonchev–Trinajstić information content (AvgIpc) is 2.87. The number of nitrogens with zero attached hydrogens (tertiary/aromatic N) is 2. The summed E-state index contributed by atoms with van der Waals surface area (Å²) in [4.78, 5) is 4.24. The van der Waals surface area contributed by atoms with Gasteiger partial charge < -0.3 is 14.3 Å². The van der Waals surface area contributed by atoms with Crippen molar-refractivity contribution in [2.75, 3.05) is 13.6 Å². The predicted molar refractivity (Wildman–Crippen MR) is 53.4 cm³/mol. The maximum Gasteiger partial charge on any atom is 0.227 e. The van der Waals surface area contributed by atoms with Crippen LogP contribution in [0.3, 0.4) is 0 Å². The number of aromatic nitrogens is 2. The summed E-state index contributed by atoms with van der Waals surface area (Å²) in [6.45, 7) is 0.836. The van der Waals surface area contributed by atoms with E-state index >= 15 is 0 Å². The first-order valence-electron chi connectivity index (χ1n) is 4.87. The Labute approximate surface area is 87.5 Å². The van der Waals surface area contributed by atoms with Gasteiger partial charge in [0, 0.05) is 13.0 Å². The Kier molecular flexibility index (Phi) is 3.14. The minimum atomic E-state index is 0.579. The molecular formula is C10H13N3O2. The Morgan fingerprint density at radius 3 is 3.13 bits per heavy atom. The Hall–Kier alpha value is -1.62. The number of nitrogens with one attached hydrogen (secondary N) is 1. The molecule has 0 aromatic carbocycles. The van der Waals surface area contributed by atoms with E-state index in [1.165, 1.54) is 0 Å². The summed E-state index contributed by atoms with van der Waals surface area (Å²) in [6, 6.07) is 3.74. The lowest BCUT2D eigenvalue weighted by Gasteiger charge is -1.90. The molecular weight excluding hydrogens is 194 g/mol. The zero-order valence-electron chi connectivity index (χ0n) is 8.56. The van der Waals surface area contributed by atoms with E-state index in [-0.39, 0.29) is 0 Å². The van der Waals surface area contributed by atoms with Gasteiger partial charge in [0.05, 0.1) is 12.7 Å². The van der Waals surface area contributed by atoms with Crippen LogP contribution in [0.5, 0.6) is 0 Å². The molecule has 0 fully saturated rings. The number of likely N-dealkylation sites (N-methyl/N-ethyl adjacent to an activating group) is 1. The van der Waals surface area contributed by atoms with Crippen molar-refractivity contribution in [1.29, 1.82) is 0 Å². The Morgan fingerprint density at radius 1 is 1.47 bits per heavy atom. The molecule has 5 nitrogen and oxygen atoms in total. The molecule has 0 spiro atoms. The Bertz CT molecular complexity index is 394. The van der Waals surface area contributed by atoms with Crippen LogP contribution in [0.1, 0.15) is 17.5 Å². The van der Waals surface area contributed by atoms with Crippen LogP contribution in [0.2, 0.25) is 0 Å². The SMILES string of the molecule is CNCCc1nc(Cc2ccco2)no1. The predicted octanol–water partition coefficient (Wildman–Crippen LogP) is 1.02. The van der Waals surface area contributed by atoms with Crippen molar-refractivity contribution in [3.8, 4) is 0 Å². The first-order valence-corrected chi connectivity index (χ1v) is 4.87. The molecule has 1 N–H and O–H groups in total. The summed E-state index contributed by atoms with van der Waals surface area (Å²) >= 11 is 0. The van der Waals surface area contributed by atoms with Gasteiger partial charge >= 0.3 is 0 Å². The zero-order chi connectivity index (χ0) is 10.5. The van der Waals surface area contributed by atoms with Gasteiger partial charge in [-0.25, -0.2) is 0 Å². The number of hydrogen-bond donors (Lipinski definition) is 1. The molecule has 2 rings (SSSR count). The molecule has 0 saturated carbocycles. The van der Waals surface area contributed by atoms with Crippen LogP contribution in [0.4, 0.5) is 0 Å². The number of rotatable bonds is 5. The summed E-state index contributed by atoms with van der Waals surface area (Å²) in [5.74, 6) is 2.16. The highest BCUT2D eigenvalue weighted by Gasteiger charge is 2.07. The molecule has 0 amide bonds. The molecule has 0 unspecified atom stereocenters. The van der Waals surface area contributed by atoms with Gasteiger partial charge in [-0.1, -0.05) is 5.16 Å². The van der Waals surface area contributed by atoms with Crippen molar-refractivity contribution < 1.29 is 8.94 Å². The van der Waals surface area contributed by atoms with E-state index in [2.05, 4.69) is 15.5 Å². The fraction of sp³-hybridized carbons (Fsp3) is 0.400. The van der Waals surface area contributed by atoms with E-state index in [1.807, 2.05) is 19.2 Å². The van der Waals surface area contributed by atoms with Crippen LogP contribution in [0.25, 0.3) is 0 Å². The summed E-state index contributed by atoms with van der Waals surface area (Å²) in [6.07, 6.45) is 2.97. The third kappa shape index (κ3) is 2.66. The molecule has 2 aromatic heterocycles. The van der Waals surface area contributed by atoms with Gasteiger partial charge in [-0.3, -0.25) is 0 Å². The molecule has 0 bridgehead atoms. The Balaban J connectivity index is 1.95. The molecule has 0 atom stereocenters. The lowest BCUT2D eigenvalue weighted by Crippen LogP contribution is -2.10. The molecule has 0 aliphatic heterocycles. The van der Waals surface area contributed by atoms with Crippen LogP contribution in [0.15, 0.2) is 27.3 Å². The quantitative estimate of drug-likeness (QED) is 0.792. The lowest BCUT2D eigenvalue weighted by atomic mass is 10.3. The largest absolute Gasteiger partial charge is 0.469 e. The van der Waals surface area contributed by atoms with Gasteiger partial charge in [0.1, 0.15) is 5.76 Å². The van der Waals surface area contributed by atoms with Crippen LogP contribution >= 0.6 is 0 Å². The highest BCUT2D eigenvalue weighted by atomic mass is 16.5. The van der Waals surface area contributed by atoms with Gasteiger partial charge in [-0.05, 0) is 19.2 Å². The molecule has 0 radical (unpaired) electrons. The smallest absolute Gasteiger partial charge is 0.227 e. The molecule has 2 aromatic rings. The summed E-state index contributed by atoms with van der Waals surface area (Å²) in [7, 11) is 1.89. The molecule has 80 valence electrons. The molecule has 2 heterocycles. The van der Waals surface area contributed by atoms with Crippen molar-refractivity contribution in [2.45, 2.75) is 12.8 Å². The van der Waals surface area contributed by atoms with E-state index in [9.17, 15) is 0 Å². The maximum atomic E-state index is 5.19. The summed E-state index contributed by atoms with van der Waals surface area (Å²) < 4.78 is 10.3. The van der Waals surface area contributed by atoms with E-state index in [1.54, 1.807) is 6.26 Å². The normalized spacial score (nSPS) is 10.7. The molecule has 5 heteroatoms. The number of hydrogen-bond acceptors (Lipinski definition) is 5. The highest BCUT2D eigenvalue weighted by Crippen LogP contribution is 2.07. The lowest BCUT2D eigenvalue weighted by molar-refractivity contribution is 0.371. The van der Waals surface area contributed by atoms with Gasteiger partial charge in [-0.2, -0.15) is 4.98 Å². The van der Waals surface area contributed by atoms with Crippen molar-refractivity contribution >= 4 is 0 Å². The summed E-state index contributed by atoms with van der Waals surface area (Å²) in [5.41, 5.74) is 0. The van der Waals surface area contributed by atoms with Gasteiger partial charge in [-0.15, -0.1) is 0 Å². The molecule has 0 aliphatic rings. The molecule has 0 aliphatic carbocycles. The zero-order valence-corrected chi connectivity index (χ0v) is 8.56. The van der Waals surface area contributed by atoms with Crippen molar-refractivity contribution in [3.05, 3.63) is 35.9 Å². The first kappa shape index (κ1) is 9.92. The van der Waals surface area contributed by atoms with Crippen LogP contribution in [-0.2, 0) is 12.8 Å². The minimum Gasteiger partial charge on any atom is -0.469 e. The fourth-order valence-corrected chi connectivity index (χ4v) is 1.26. The monoisotopic (exact) mass is 207 g/mol. The minimum absolute atomic E-state index is 0.579. The van der Waals surface area contributed by atoms with Crippen LogP contribution in [-0.4, -0.2) is 23.7 Å². The second-order valence-corrected chi connectivity index (χ2v) is 3.21. The maximum absolute atomic E-state index is 5.19. The third-order valence-electron chi connectivity index (χ3n) is 2.01. The van der Waals surface area contributed by atoms with E-state index < -0.39 is 0 Å². The highest BCUT2D eigenvalue weighted by molar-refractivity contribution is 5.05. The molecule has 0 saturated heterocycles. The van der Waals surface area contributed by atoms with Crippen LogP contribution in [0, 0.1) is 0 Å². The van der Waals surface area contributed by atoms with Gasteiger partial charge in [0.25, 0.3) is 0 Å². The molecule has 15 heavy (non-hydrogen) atoms. The average molecular weight is 207 g/mol. The van der Waals surface area contributed by atoms with Crippen molar-refractivity contribution in [2.24, 2.45) is 0 Å². The van der Waals surface area contributed by atoms with E-state index in [0.717, 1.165) is 18.7 Å². The van der Waals surface area contributed by atoms with E-state index in [0.29, 0.717) is 18.1 Å².